The van der Waals surface area contributed by atoms with Crippen LogP contribution in [0.2, 0.25) is 0 Å². The molecule has 0 aliphatic heterocycles. The third-order valence-electron chi connectivity index (χ3n) is 7.15. The Morgan fingerprint density at radius 1 is 0.705 bits per heavy atom. The van der Waals surface area contributed by atoms with E-state index < -0.39 is 9.84 Å². The molecule has 7 nitrogen and oxygen atoms in total. The van der Waals surface area contributed by atoms with Crippen LogP contribution < -0.4 is 9.47 Å². The first-order valence-corrected chi connectivity index (χ1v) is 16.8. The van der Waals surface area contributed by atoms with Crippen molar-refractivity contribution in [3.8, 4) is 28.4 Å². The standard InChI is InChI=1S/C30H29BrO4S.C5H12O3/c1-19-14-23(15-20(2)22(19)4)24-16-21(3)30(25(17-24)18-31)35-27-8-12-29(13-9-27)36(32,33)28-10-6-26(34-5)7-11-28;1-7-4-5-8-3-2-6/h6-17H,18H2,1-5H3;6H,2-5H2,1H3. The number of halogens is 1. The lowest BCUT2D eigenvalue weighted by Crippen LogP contribution is -2.05. The van der Waals surface area contributed by atoms with Crippen LogP contribution in [0, 0.1) is 27.7 Å². The van der Waals surface area contributed by atoms with Gasteiger partial charge in [-0.1, -0.05) is 28.1 Å². The molecule has 0 bridgehead atoms. The van der Waals surface area contributed by atoms with Gasteiger partial charge >= 0.3 is 0 Å². The fourth-order valence-corrected chi connectivity index (χ4v) is 6.14. The zero-order valence-electron chi connectivity index (χ0n) is 26.1. The third-order valence-corrected chi connectivity index (χ3v) is 9.54. The van der Waals surface area contributed by atoms with Gasteiger partial charge in [-0.05, 0) is 122 Å². The maximum Gasteiger partial charge on any atom is 0.206 e. The minimum Gasteiger partial charge on any atom is -0.497 e. The monoisotopic (exact) mass is 684 g/mol. The van der Waals surface area contributed by atoms with Crippen LogP contribution in [-0.4, -0.2) is 54.2 Å². The maximum absolute atomic E-state index is 13.0. The quantitative estimate of drug-likeness (QED) is 0.120. The minimum atomic E-state index is -3.64. The van der Waals surface area contributed by atoms with E-state index in [0.717, 1.165) is 22.4 Å². The molecule has 4 rings (SSSR count). The van der Waals surface area contributed by atoms with Crippen LogP contribution in [-0.2, 0) is 24.6 Å². The lowest BCUT2D eigenvalue weighted by Gasteiger charge is -2.16. The Hall–Kier alpha value is -3.21. The molecular formula is C35H41BrO7S. The highest BCUT2D eigenvalue weighted by Crippen LogP contribution is 2.36. The van der Waals surface area contributed by atoms with Crippen molar-refractivity contribution in [1.29, 1.82) is 0 Å². The van der Waals surface area contributed by atoms with Gasteiger partial charge in [0.15, 0.2) is 0 Å². The molecule has 44 heavy (non-hydrogen) atoms. The normalized spacial score (nSPS) is 11.1. The summed E-state index contributed by atoms with van der Waals surface area (Å²) >= 11 is 3.61. The van der Waals surface area contributed by atoms with E-state index in [0.29, 0.717) is 36.6 Å². The molecule has 9 heteroatoms. The molecule has 0 saturated carbocycles. The smallest absolute Gasteiger partial charge is 0.206 e. The van der Waals surface area contributed by atoms with E-state index in [9.17, 15) is 8.42 Å². The summed E-state index contributed by atoms with van der Waals surface area (Å²) in [5, 5.41) is 8.83. The molecule has 1 N–H and O–H groups in total. The summed E-state index contributed by atoms with van der Waals surface area (Å²) in [4.78, 5) is 0.421. The Kier molecular flexibility index (Phi) is 13.4. The van der Waals surface area contributed by atoms with Gasteiger partial charge < -0.3 is 24.1 Å². The zero-order valence-corrected chi connectivity index (χ0v) is 28.5. The first-order valence-electron chi connectivity index (χ1n) is 14.2. The van der Waals surface area contributed by atoms with Gasteiger partial charge in [0.05, 0.1) is 43.3 Å². The fourth-order valence-electron chi connectivity index (χ4n) is 4.47. The third kappa shape index (κ3) is 9.15. The highest BCUT2D eigenvalue weighted by atomic mass is 79.9. The Balaban J connectivity index is 0.000000583. The molecule has 0 heterocycles. The number of methoxy groups -OCH3 is 2. The van der Waals surface area contributed by atoms with Crippen LogP contribution in [0.4, 0.5) is 0 Å². The van der Waals surface area contributed by atoms with Crippen LogP contribution >= 0.6 is 15.9 Å². The van der Waals surface area contributed by atoms with E-state index >= 15 is 0 Å². The molecule has 0 aromatic heterocycles. The Labute approximate surface area is 269 Å². The molecule has 4 aromatic carbocycles. The summed E-state index contributed by atoms with van der Waals surface area (Å²) in [5.41, 5.74) is 8.21. The molecule has 0 aliphatic carbocycles. The summed E-state index contributed by atoms with van der Waals surface area (Å²) < 4.78 is 46.9. The fraction of sp³-hybridized carbons (Fsp3) is 0.314. The summed E-state index contributed by atoms with van der Waals surface area (Å²) in [7, 11) is -0.482. The molecule has 0 unspecified atom stereocenters. The van der Waals surface area contributed by atoms with E-state index in [1.54, 1.807) is 62.8 Å². The first kappa shape index (κ1) is 35.3. The highest BCUT2D eigenvalue weighted by molar-refractivity contribution is 9.08. The number of aliphatic hydroxyl groups is 1. The molecule has 0 fully saturated rings. The van der Waals surface area contributed by atoms with Crippen molar-refractivity contribution in [2.24, 2.45) is 0 Å². The number of benzene rings is 4. The Morgan fingerprint density at radius 3 is 1.73 bits per heavy atom. The van der Waals surface area contributed by atoms with Crippen molar-refractivity contribution in [2.75, 3.05) is 40.6 Å². The average molecular weight is 686 g/mol. The molecule has 0 amide bonds. The van der Waals surface area contributed by atoms with Crippen LogP contribution in [0.15, 0.2) is 82.6 Å². The van der Waals surface area contributed by atoms with E-state index in [-0.39, 0.29) is 16.4 Å². The SMILES string of the molecule is COCCOCCO.COc1ccc(S(=O)(=O)c2ccc(Oc3c(C)cc(-c4cc(C)c(C)c(C)c4)cc3CBr)cc2)cc1. The van der Waals surface area contributed by atoms with Gasteiger partial charge in [-0.3, -0.25) is 0 Å². The van der Waals surface area contributed by atoms with Crippen molar-refractivity contribution in [1.82, 2.24) is 0 Å². The van der Waals surface area contributed by atoms with Crippen molar-refractivity contribution in [3.05, 3.63) is 101 Å². The van der Waals surface area contributed by atoms with Crippen LogP contribution in [0.5, 0.6) is 17.2 Å². The molecular weight excluding hydrogens is 644 g/mol. The highest BCUT2D eigenvalue weighted by Gasteiger charge is 2.18. The largest absolute Gasteiger partial charge is 0.497 e. The van der Waals surface area contributed by atoms with Crippen molar-refractivity contribution in [2.45, 2.75) is 42.8 Å². The molecule has 0 saturated heterocycles. The number of alkyl halides is 1. The van der Waals surface area contributed by atoms with Crippen LogP contribution in [0.1, 0.15) is 27.8 Å². The molecule has 0 atom stereocenters. The maximum atomic E-state index is 13.0. The second-order valence-electron chi connectivity index (χ2n) is 10.2. The van der Waals surface area contributed by atoms with Crippen molar-refractivity contribution < 1.29 is 32.5 Å². The van der Waals surface area contributed by atoms with Crippen molar-refractivity contribution >= 4 is 25.8 Å². The van der Waals surface area contributed by atoms with Gasteiger partial charge in [-0.25, -0.2) is 8.42 Å². The topological polar surface area (TPSA) is 91.3 Å². The predicted octanol–water partition coefficient (Wildman–Crippen LogP) is 7.76. The molecule has 0 aliphatic rings. The van der Waals surface area contributed by atoms with E-state index in [4.69, 9.17) is 19.3 Å². The number of aryl methyl sites for hydroxylation is 3. The molecule has 0 spiro atoms. The van der Waals surface area contributed by atoms with Gasteiger partial charge in [0.2, 0.25) is 9.84 Å². The second kappa shape index (κ2) is 16.7. The molecule has 4 aromatic rings. The zero-order chi connectivity index (χ0) is 32.3. The first-order chi connectivity index (χ1) is 21.0. The van der Waals surface area contributed by atoms with Crippen molar-refractivity contribution in [3.63, 3.8) is 0 Å². The summed E-state index contributed by atoms with van der Waals surface area (Å²) in [6.45, 7) is 10.1. The van der Waals surface area contributed by atoms with Gasteiger partial charge in [0.1, 0.15) is 17.2 Å². The van der Waals surface area contributed by atoms with Gasteiger partial charge in [-0.2, -0.15) is 0 Å². The Morgan fingerprint density at radius 2 is 1.23 bits per heavy atom. The Bertz CT molecular complexity index is 1590. The van der Waals surface area contributed by atoms with Gasteiger partial charge in [0, 0.05) is 18.0 Å². The van der Waals surface area contributed by atoms with E-state index in [2.05, 4.69) is 65.7 Å². The minimum absolute atomic E-state index is 0.0870. The van der Waals surface area contributed by atoms with E-state index in [1.165, 1.54) is 22.3 Å². The number of sulfone groups is 1. The lowest BCUT2D eigenvalue weighted by atomic mass is 9.94. The van der Waals surface area contributed by atoms with E-state index in [1.807, 2.05) is 6.92 Å². The number of hydrogen-bond acceptors (Lipinski definition) is 7. The molecule has 0 radical (unpaired) electrons. The summed E-state index contributed by atoms with van der Waals surface area (Å²) in [6, 6.07) is 21.6. The van der Waals surface area contributed by atoms with Crippen LogP contribution in [0.3, 0.4) is 0 Å². The van der Waals surface area contributed by atoms with Gasteiger partial charge in [-0.15, -0.1) is 0 Å². The van der Waals surface area contributed by atoms with Gasteiger partial charge in [0.25, 0.3) is 0 Å². The summed E-state index contributed by atoms with van der Waals surface area (Å²) in [5.74, 6) is 1.94. The number of rotatable bonds is 12. The lowest BCUT2D eigenvalue weighted by molar-refractivity contribution is 0.0500. The second-order valence-corrected chi connectivity index (χ2v) is 12.7. The number of aliphatic hydroxyl groups excluding tert-OH is 1. The number of hydrogen-bond donors (Lipinski definition) is 1. The van der Waals surface area contributed by atoms with Crippen LogP contribution in [0.25, 0.3) is 11.1 Å². The average Bonchev–Trinajstić information content (AvgIpc) is 3.03. The predicted molar refractivity (Wildman–Crippen MR) is 178 cm³/mol. The summed E-state index contributed by atoms with van der Waals surface area (Å²) in [6.07, 6.45) is 0. The molecule has 236 valence electrons. The number of ether oxygens (including phenoxy) is 4.